The molecule has 4 rings (SSSR count). The summed E-state index contributed by atoms with van der Waals surface area (Å²) >= 11 is 0. The molecule has 2 heteroatoms. The molecule has 194 valence electrons. The van der Waals surface area contributed by atoms with Crippen LogP contribution in [0.4, 0.5) is 0 Å². The molecular formula is C32H54O2. The number of allylic oxidation sites excluding steroid dienone is 1. The van der Waals surface area contributed by atoms with Crippen molar-refractivity contribution in [3.63, 3.8) is 0 Å². The molecule has 8 atom stereocenters. The summed E-state index contributed by atoms with van der Waals surface area (Å²) in [5, 5.41) is 0. The largest absolute Gasteiger partial charge is 0.462 e. The van der Waals surface area contributed by atoms with Crippen molar-refractivity contribution in [3.8, 4) is 0 Å². The molecule has 2 nitrogen and oxygen atoms in total. The second kappa shape index (κ2) is 10.3. The van der Waals surface area contributed by atoms with E-state index in [1.54, 1.807) is 5.57 Å². The fraction of sp³-hybridized carbons (Fsp3) is 0.906. The van der Waals surface area contributed by atoms with Gasteiger partial charge in [-0.2, -0.15) is 0 Å². The van der Waals surface area contributed by atoms with Crippen LogP contribution >= 0.6 is 0 Å². The molecule has 0 aliphatic heterocycles. The van der Waals surface area contributed by atoms with E-state index < -0.39 is 0 Å². The van der Waals surface area contributed by atoms with Crippen molar-refractivity contribution in [2.45, 2.75) is 132 Å². The van der Waals surface area contributed by atoms with E-state index in [-0.39, 0.29) is 12.1 Å². The van der Waals surface area contributed by atoms with Crippen LogP contribution in [0.5, 0.6) is 0 Å². The van der Waals surface area contributed by atoms with Crippen molar-refractivity contribution < 1.29 is 9.53 Å². The van der Waals surface area contributed by atoms with Crippen LogP contribution in [-0.4, -0.2) is 12.1 Å². The second-order valence-electron chi connectivity index (χ2n) is 14.2. The van der Waals surface area contributed by atoms with Crippen molar-refractivity contribution in [1.82, 2.24) is 0 Å². The van der Waals surface area contributed by atoms with Gasteiger partial charge < -0.3 is 4.74 Å². The predicted molar refractivity (Wildman–Crippen MR) is 142 cm³/mol. The van der Waals surface area contributed by atoms with E-state index in [2.05, 4.69) is 54.5 Å². The van der Waals surface area contributed by atoms with Gasteiger partial charge in [-0.3, -0.25) is 4.79 Å². The molecule has 0 heterocycles. The Hall–Kier alpha value is -0.790. The third-order valence-corrected chi connectivity index (χ3v) is 11.1. The summed E-state index contributed by atoms with van der Waals surface area (Å²) in [5.41, 5.74) is 2.53. The minimum atomic E-state index is 0.00540. The maximum Gasteiger partial charge on any atom is 0.306 e. The molecule has 4 aliphatic rings. The summed E-state index contributed by atoms with van der Waals surface area (Å²) in [6.07, 6.45) is 17.8. The summed E-state index contributed by atoms with van der Waals surface area (Å²) in [6.45, 7) is 16.8. The van der Waals surface area contributed by atoms with Crippen molar-refractivity contribution in [2.75, 3.05) is 0 Å². The van der Waals surface area contributed by atoms with Gasteiger partial charge in [0.05, 0.1) is 0 Å². The first kappa shape index (κ1) is 26.3. The first-order chi connectivity index (χ1) is 16.0. The fourth-order valence-corrected chi connectivity index (χ4v) is 9.32. The van der Waals surface area contributed by atoms with Crippen LogP contribution in [-0.2, 0) is 9.53 Å². The molecule has 4 aliphatic carbocycles. The number of fused-ring (bicyclic) bond motifs is 5. The van der Waals surface area contributed by atoms with Gasteiger partial charge in [0.25, 0.3) is 0 Å². The van der Waals surface area contributed by atoms with Crippen molar-refractivity contribution in [1.29, 1.82) is 0 Å². The van der Waals surface area contributed by atoms with Crippen molar-refractivity contribution in [2.24, 2.45) is 52.3 Å². The Morgan fingerprint density at radius 1 is 0.971 bits per heavy atom. The van der Waals surface area contributed by atoms with Gasteiger partial charge >= 0.3 is 5.97 Å². The Morgan fingerprint density at radius 2 is 1.74 bits per heavy atom. The highest BCUT2D eigenvalue weighted by atomic mass is 16.5. The summed E-state index contributed by atoms with van der Waals surface area (Å²) < 4.78 is 5.93. The van der Waals surface area contributed by atoms with Gasteiger partial charge in [0.15, 0.2) is 0 Å². The summed E-state index contributed by atoms with van der Waals surface area (Å²) in [4.78, 5) is 12.3. The first-order valence-electron chi connectivity index (χ1n) is 14.9. The Bertz CT molecular complexity index is 750. The fourth-order valence-electron chi connectivity index (χ4n) is 9.32. The minimum Gasteiger partial charge on any atom is -0.462 e. The van der Waals surface area contributed by atoms with Crippen LogP contribution in [0.3, 0.4) is 0 Å². The van der Waals surface area contributed by atoms with Crippen LogP contribution < -0.4 is 0 Å². The molecule has 0 aromatic carbocycles. The van der Waals surface area contributed by atoms with E-state index in [1.807, 2.05) is 0 Å². The molecule has 0 spiro atoms. The lowest BCUT2D eigenvalue weighted by atomic mass is 9.47. The Kier molecular flexibility index (Phi) is 7.96. The van der Waals surface area contributed by atoms with Gasteiger partial charge in [-0.05, 0) is 97.2 Å². The van der Waals surface area contributed by atoms with Gasteiger partial charge in [0.1, 0.15) is 6.10 Å². The van der Waals surface area contributed by atoms with E-state index in [0.717, 1.165) is 48.3 Å². The standard InChI is InChI=1S/C32H54O2/c1-21(2)9-8-10-23(5)27-13-14-28-26-12-11-24-20-25(34-30(33)19-22(3)4)15-17-31(24,6)29(26)16-18-32(27,28)7/h11,21-23,25-29H,8-10,12-20H2,1-7H3. The first-order valence-corrected chi connectivity index (χ1v) is 14.9. The minimum absolute atomic E-state index is 0.00540. The molecule has 0 aromatic heterocycles. The maximum absolute atomic E-state index is 12.3. The number of ether oxygens (including phenoxy) is 1. The smallest absolute Gasteiger partial charge is 0.306 e. The molecule has 8 unspecified atom stereocenters. The zero-order valence-corrected chi connectivity index (χ0v) is 23.5. The summed E-state index contributed by atoms with van der Waals surface area (Å²) in [7, 11) is 0. The van der Waals surface area contributed by atoms with Crippen molar-refractivity contribution in [3.05, 3.63) is 11.6 Å². The van der Waals surface area contributed by atoms with Gasteiger partial charge in [-0.1, -0.05) is 79.4 Å². The van der Waals surface area contributed by atoms with Gasteiger partial charge in [0, 0.05) is 12.8 Å². The third-order valence-electron chi connectivity index (χ3n) is 11.1. The summed E-state index contributed by atoms with van der Waals surface area (Å²) in [5.74, 6) is 5.67. The van der Waals surface area contributed by atoms with E-state index in [9.17, 15) is 4.79 Å². The van der Waals surface area contributed by atoms with Crippen LogP contribution in [0.1, 0.15) is 126 Å². The SMILES string of the molecule is CC(C)CCCC(C)C1CCC2C3CC=C4CC(OC(=O)CC(C)C)CCC4(C)C3CCC12C. The number of carbonyl (C=O) groups excluding carboxylic acids is 1. The van der Waals surface area contributed by atoms with E-state index in [1.165, 1.54) is 57.8 Å². The molecule has 0 radical (unpaired) electrons. The van der Waals surface area contributed by atoms with Gasteiger partial charge in [-0.15, -0.1) is 0 Å². The molecular weight excluding hydrogens is 416 g/mol. The van der Waals surface area contributed by atoms with Crippen LogP contribution in [0.15, 0.2) is 11.6 Å². The monoisotopic (exact) mass is 470 g/mol. The Labute approximate surface area is 211 Å². The zero-order chi connectivity index (χ0) is 24.7. The van der Waals surface area contributed by atoms with E-state index in [0.29, 0.717) is 23.2 Å². The molecule has 0 saturated heterocycles. The summed E-state index contributed by atoms with van der Waals surface area (Å²) in [6, 6.07) is 0. The molecule has 34 heavy (non-hydrogen) atoms. The average molecular weight is 471 g/mol. The lowest BCUT2D eigenvalue weighted by Gasteiger charge is -2.58. The lowest BCUT2D eigenvalue weighted by Crippen LogP contribution is -2.51. The number of esters is 1. The van der Waals surface area contributed by atoms with Crippen LogP contribution in [0, 0.1) is 52.3 Å². The Morgan fingerprint density at radius 3 is 2.44 bits per heavy atom. The lowest BCUT2D eigenvalue weighted by molar-refractivity contribution is -0.152. The maximum atomic E-state index is 12.3. The quantitative estimate of drug-likeness (QED) is 0.261. The molecule has 0 N–H and O–H groups in total. The third kappa shape index (κ3) is 5.04. The highest BCUT2D eigenvalue weighted by molar-refractivity contribution is 5.69. The molecule has 0 aromatic rings. The second-order valence-corrected chi connectivity index (χ2v) is 14.2. The number of hydrogen-bond donors (Lipinski definition) is 0. The molecule has 3 fully saturated rings. The molecule has 3 saturated carbocycles. The number of carbonyl (C=O) groups is 1. The number of hydrogen-bond acceptors (Lipinski definition) is 2. The van der Waals surface area contributed by atoms with Gasteiger partial charge in [-0.25, -0.2) is 0 Å². The molecule has 0 bridgehead atoms. The average Bonchev–Trinajstić information content (AvgIpc) is 3.10. The van der Waals surface area contributed by atoms with Crippen LogP contribution in [0.2, 0.25) is 0 Å². The topological polar surface area (TPSA) is 26.3 Å². The van der Waals surface area contributed by atoms with Gasteiger partial charge in [0.2, 0.25) is 0 Å². The van der Waals surface area contributed by atoms with E-state index >= 15 is 0 Å². The predicted octanol–water partition coefficient (Wildman–Crippen LogP) is 8.99. The molecule has 0 amide bonds. The normalized spacial score (nSPS) is 40.4. The highest BCUT2D eigenvalue weighted by Gasteiger charge is 2.59. The Balaban J connectivity index is 1.42. The zero-order valence-electron chi connectivity index (χ0n) is 23.5. The highest BCUT2D eigenvalue weighted by Crippen LogP contribution is 2.67. The number of rotatable bonds is 8. The van der Waals surface area contributed by atoms with E-state index in [4.69, 9.17) is 4.74 Å². The van der Waals surface area contributed by atoms with Crippen LogP contribution in [0.25, 0.3) is 0 Å². The van der Waals surface area contributed by atoms with Crippen molar-refractivity contribution >= 4 is 5.97 Å².